The van der Waals surface area contributed by atoms with Gasteiger partial charge in [0.1, 0.15) is 12.1 Å². The number of fused-ring (bicyclic) bond motifs is 1. The molecule has 2 N–H and O–H groups in total. The Kier molecular flexibility index (Phi) is 3.97. The van der Waals surface area contributed by atoms with Gasteiger partial charge in [-0.25, -0.2) is 9.97 Å². The lowest BCUT2D eigenvalue weighted by Crippen LogP contribution is -2.23. The number of hydrogen-bond acceptors (Lipinski definition) is 4. The average molecular weight is 260 g/mol. The molecular formula is C15H24N4. The van der Waals surface area contributed by atoms with Crippen molar-refractivity contribution in [3.63, 3.8) is 0 Å². The summed E-state index contributed by atoms with van der Waals surface area (Å²) in [6, 6.07) is 0. The summed E-state index contributed by atoms with van der Waals surface area (Å²) in [5.74, 6) is 1.97. The van der Waals surface area contributed by atoms with Crippen LogP contribution in [0.3, 0.4) is 0 Å². The first-order chi connectivity index (χ1) is 9.38. The number of aromatic nitrogens is 2. The normalized spacial score (nSPS) is 23.2. The zero-order valence-electron chi connectivity index (χ0n) is 11.6. The molecular weight excluding hydrogens is 236 g/mol. The highest BCUT2D eigenvalue weighted by molar-refractivity contribution is 5.50. The van der Waals surface area contributed by atoms with Crippen molar-refractivity contribution in [2.75, 3.05) is 24.5 Å². The average Bonchev–Trinajstić information content (AvgIpc) is 2.75. The third kappa shape index (κ3) is 2.73. The first-order valence-corrected chi connectivity index (χ1v) is 7.66. The molecule has 1 aromatic rings. The zero-order chi connectivity index (χ0) is 13.1. The van der Waals surface area contributed by atoms with Crippen LogP contribution in [0.2, 0.25) is 0 Å². The van der Waals surface area contributed by atoms with Crippen LogP contribution in [0.25, 0.3) is 0 Å². The minimum atomic E-state index is 0.751. The van der Waals surface area contributed by atoms with Gasteiger partial charge in [-0.1, -0.05) is 6.42 Å². The standard InChI is InChI=1S/C15H24N4/c16-8-6-12-7-9-19(10-12)15-13-4-2-1-3-5-14(13)17-11-18-15/h11-12H,1-10,16H2. The molecule has 104 valence electrons. The maximum Gasteiger partial charge on any atom is 0.135 e. The van der Waals surface area contributed by atoms with Gasteiger partial charge in [0, 0.05) is 24.3 Å². The van der Waals surface area contributed by atoms with Crippen molar-refractivity contribution in [3.8, 4) is 0 Å². The molecule has 0 aromatic carbocycles. The second kappa shape index (κ2) is 5.87. The largest absolute Gasteiger partial charge is 0.356 e. The maximum atomic E-state index is 5.68. The third-order valence-corrected chi connectivity index (χ3v) is 4.51. The van der Waals surface area contributed by atoms with Crippen molar-refractivity contribution in [2.24, 2.45) is 11.7 Å². The van der Waals surface area contributed by atoms with Crippen LogP contribution in [0.15, 0.2) is 6.33 Å². The van der Waals surface area contributed by atoms with Gasteiger partial charge in [0.25, 0.3) is 0 Å². The molecule has 3 rings (SSSR count). The molecule has 1 aliphatic heterocycles. The summed E-state index contributed by atoms with van der Waals surface area (Å²) in [5.41, 5.74) is 8.40. The predicted molar refractivity (Wildman–Crippen MR) is 77.3 cm³/mol. The van der Waals surface area contributed by atoms with Crippen molar-refractivity contribution >= 4 is 5.82 Å². The fourth-order valence-corrected chi connectivity index (χ4v) is 3.45. The van der Waals surface area contributed by atoms with Gasteiger partial charge in [0.2, 0.25) is 0 Å². The molecule has 0 bridgehead atoms. The van der Waals surface area contributed by atoms with E-state index in [9.17, 15) is 0 Å². The highest BCUT2D eigenvalue weighted by atomic mass is 15.2. The zero-order valence-corrected chi connectivity index (χ0v) is 11.6. The summed E-state index contributed by atoms with van der Waals surface area (Å²) in [6.45, 7) is 3.06. The van der Waals surface area contributed by atoms with Crippen LogP contribution in [0.1, 0.15) is 43.4 Å². The Hall–Kier alpha value is -1.16. The molecule has 1 aromatic heterocycles. The van der Waals surface area contributed by atoms with E-state index in [2.05, 4.69) is 14.9 Å². The Morgan fingerprint density at radius 3 is 3.00 bits per heavy atom. The second-order valence-corrected chi connectivity index (χ2v) is 5.86. The van der Waals surface area contributed by atoms with Crippen molar-refractivity contribution in [1.29, 1.82) is 0 Å². The lowest BCUT2D eigenvalue weighted by molar-refractivity contribution is 0.546. The van der Waals surface area contributed by atoms with Crippen LogP contribution in [-0.4, -0.2) is 29.6 Å². The number of anilines is 1. The van der Waals surface area contributed by atoms with Crippen molar-refractivity contribution in [3.05, 3.63) is 17.6 Å². The molecule has 1 fully saturated rings. The first kappa shape index (κ1) is 12.9. The number of hydrogen-bond donors (Lipinski definition) is 1. The van der Waals surface area contributed by atoms with Gasteiger partial charge >= 0.3 is 0 Å². The van der Waals surface area contributed by atoms with Crippen LogP contribution in [0.4, 0.5) is 5.82 Å². The topological polar surface area (TPSA) is 55.0 Å². The van der Waals surface area contributed by atoms with Gasteiger partial charge in [-0.15, -0.1) is 0 Å². The quantitative estimate of drug-likeness (QED) is 0.844. The molecule has 2 heterocycles. The lowest BCUT2D eigenvalue weighted by atomic mass is 10.1. The Labute approximate surface area is 115 Å². The fourth-order valence-electron chi connectivity index (χ4n) is 3.45. The van der Waals surface area contributed by atoms with E-state index in [0.717, 1.165) is 44.8 Å². The number of nitrogens with two attached hydrogens (primary N) is 1. The monoisotopic (exact) mass is 260 g/mol. The van der Waals surface area contributed by atoms with E-state index in [-0.39, 0.29) is 0 Å². The van der Waals surface area contributed by atoms with E-state index in [0.29, 0.717) is 0 Å². The Bertz CT molecular complexity index is 432. The van der Waals surface area contributed by atoms with Crippen LogP contribution in [-0.2, 0) is 12.8 Å². The molecule has 1 atom stereocenters. The maximum absolute atomic E-state index is 5.68. The van der Waals surface area contributed by atoms with E-state index >= 15 is 0 Å². The molecule has 4 nitrogen and oxygen atoms in total. The molecule has 19 heavy (non-hydrogen) atoms. The van der Waals surface area contributed by atoms with E-state index in [1.807, 2.05) is 0 Å². The summed E-state index contributed by atoms with van der Waals surface area (Å²) in [7, 11) is 0. The SMILES string of the molecule is NCCC1CCN(c2ncnc3c2CCCCC3)C1. The fraction of sp³-hybridized carbons (Fsp3) is 0.733. The molecule has 2 aliphatic rings. The van der Waals surface area contributed by atoms with Gasteiger partial charge in [0.15, 0.2) is 0 Å². The molecule has 1 unspecified atom stereocenters. The van der Waals surface area contributed by atoms with Gasteiger partial charge in [-0.3, -0.25) is 0 Å². The summed E-state index contributed by atoms with van der Waals surface area (Å²) >= 11 is 0. The van der Waals surface area contributed by atoms with Gasteiger partial charge in [-0.05, 0) is 51.0 Å². The molecule has 0 amide bonds. The molecule has 4 heteroatoms. The minimum absolute atomic E-state index is 0.751. The predicted octanol–water partition coefficient (Wildman–Crippen LogP) is 1.92. The van der Waals surface area contributed by atoms with Gasteiger partial charge in [0.05, 0.1) is 0 Å². The van der Waals surface area contributed by atoms with Crippen molar-refractivity contribution < 1.29 is 0 Å². The van der Waals surface area contributed by atoms with E-state index < -0.39 is 0 Å². The summed E-state index contributed by atoms with van der Waals surface area (Å²) in [6.07, 6.45) is 10.3. The number of nitrogens with zero attached hydrogens (tertiary/aromatic N) is 3. The summed E-state index contributed by atoms with van der Waals surface area (Å²) in [5, 5.41) is 0. The van der Waals surface area contributed by atoms with E-state index in [1.54, 1.807) is 6.33 Å². The minimum Gasteiger partial charge on any atom is -0.356 e. The second-order valence-electron chi connectivity index (χ2n) is 5.86. The van der Waals surface area contributed by atoms with Crippen molar-refractivity contribution in [1.82, 2.24) is 9.97 Å². The number of rotatable bonds is 3. The Morgan fingerprint density at radius 1 is 1.21 bits per heavy atom. The Morgan fingerprint density at radius 2 is 2.11 bits per heavy atom. The molecule has 0 radical (unpaired) electrons. The van der Waals surface area contributed by atoms with Gasteiger partial charge < -0.3 is 10.6 Å². The highest BCUT2D eigenvalue weighted by Crippen LogP contribution is 2.30. The lowest BCUT2D eigenvalue weighted by Gasteiger charge is -2.21. The number of aryl methyl sites for hydroxylation is 1. The van der Waals surface area contributed by atoms with Crippen LogP contribution in [0, 0.1) is 5.92 Å². The molecule has 0 saturated carbocycles. The molecule has 1 aliphatic carbocycles. The van der Waals surface area contributed by atoms with Crippen LogP contribution >= 0.6 is 0 Å². The van der Waals surface area contributed by atoms with E-state index in [1.165, 1.54) is 42.8 Å². The smallest absolute Gasteiger partial charge is 0.135 e. The molecule has 0 spiro atoms. The van der Waals surface area contributed by atoms with E-state index in [4.69, 9.17) is 5.73 Å². The van der Waals surface area contributed by atoms with Crippen molar-refractivity contribution in [2.45, 2.75) is 44.9 Å². The highest BCUT2D eigenvalue weighted by Gasteiger charge is 2.26. The third-order valence-electron chi connectivity index (χ3n) is 4.51. The summed E-state index contributed by atoms with van der Waals surface area (Å²) in [4.78, 5) is 11.6. The molecule has 1 saturated heterocycles. The Balaban J connectivity index is 1.81. The van der Waals surface area contributed by atoms with Crippen LogP contribution < -0.4 is 10.6 Å². The summed E-state index contributed by atoms with van der Waals surface area (Å²) < 4.78 is 0. The first-order valence-electron chi connectivity index (χ1n) is 7.66. The van der Waals surface area contributed by atoms with Crippen LogP contribution in [0.5, 0.6) is 0 Å². The van der Waals surface area contributed by atoms with Gasteiger partial charge in [-0.2, -0.15) is 0 Å².